The first kappa shape index (κ1) is 7.44. The lowest BCUT2D eigenvalue weighted by Gasteiger charge is -1.97. The Morgan fingerprint density at radius 2 is 2.38 bits per heavy atom. The normalized spacial score (nSPS) is 15.6. The van der Waals surface area contributed by atoms with Crippen molar-refractivity contribution in [2.24, 2.45) is 5.21 Å². The highest BCUT2D eigenvalue weighted by Crippen LogP contribution is 1.87. The third-order valence-corrected chi connectivity index (χ3v) is 0.695. The second-order valence-electron chi connectivity index (χ2n) is 0.662. The zero-order valence-corrected chi connectivity index (χ0v) is 4.15. The molecular weight excluding hydrogens is 144 g/mol. The van der Waals surface area contributed by atoms with Gasteiger partial charge in [0.1, 0.15) is 0 Å². The Bertz CT molecular complexity index is 124. The lowest BCUT2D eigenvalue weighted by Crippen LogP contribution is -2.04. The van der Waals surface area contributed by atoms with Gasteiger partial charge in [0.15, 0.2) is 0 Å². The van der Waals surface area contributed by atoms with E-state index in [2.05, 4.69) is 4.94 Å². The van der Waals surface area contributed by atoms with Crippen LogP contribution in [-0.2, 0) is 16.0 Å². The summed E-state index contributed by atoms with van der Waals surface area (Å²) in [6, 6.07) is 0. The highest BCUT2D eigenvalue weighted by Gasteiger charge is 1.99. The number of rotatable bonds is 0. The van der Waals surface area contributed by atoms with Crippen molar-refractivity contribution in [3.05, 3.63) is 0 Å². The van der Waals surface area contributed by atoms with Gasteiger partial charge in [-0.15, -0.1) is 0 Å². The molecule has 0 N–H and O–H groups in total. The maximum Gasteiger partial charge on any atom is 0.342 e. The van der Waals surface area contributed by atoms with E-state index in [4.69, 9.17) is 0 Å². The van der Waals surface area contributed by atoms with Crippen LogP contribution in [0.2, 0.25) is 0 Å². The van der Waals surface area contributed by atoms with Gasteiger partial charge in [0.2, 0.25) is 0 Å². The molecule has 0 fully saturated rings. The van der Waals surface area contributed by atoms with E-state index >= 15 is 0 Å². The van der Waals surface area contributed by atoms with Crippen LogP contribution < -0.4 is 0 Å². The molecular formula is CF2NO3S-. The molecule has 0 aromatic heterocycles. The minimum absolute atomic E-state index is 1.41. The Morgan fingerprint density at radius 1 is 1.88 bits per heavy atom. The predicted molar refractivity (Wildman–Crippen MR) is 19.7 cm³/mol. The van der Waals surface area contributed by atoms with Crippen LogP contribution in [0.15, 0.2) is 5.21 Å². The van der Waals surface area contributed by atoms with Gasteiger partial charge in [0.05, 0.1) is 0 Å². The van der Waals surface area contributed by atoms with Crippen molar-refractivity contribution in [3.63, 3.8) is 0 Å². The van der Waals surface area contributed by atoms with Gasteiger partial charge in [-0.25, -0.2) is 0 Å². The SMILES string of the molecule is O=S([O-])/C(=N/F)OF. The summed E-state index contributed by atoms with van der Waals surface area (Å²) in [5.74, 6) is 0. The van der Waals surface area contributed by atoms with Crippen LogP contribution in [0.5, 0.6) is 0 Å². The van der Waals surface area contributed by atoms with Crippen LogP contribution in [-0.4, -0.2) is 14.0 Å². The van der Waals surface area contributed by atoms with Gasteiger partial charge < -0.3 is 4.55 Å². The standard InChI is InChI=1S/CHF2NO3S/c2-4-1(7-3)8(5)6/h(H,5,6)/p-1/b4-1+. The highest BCUT2D eigenvalue weighted by atomic mass is 32.2. The summed E-state index contributed by atoms with van der Waals surface area (Å²) in [6.45, 7) is 0. The second kappa shape index (κ2) is 3.44. The number of halogens is 2. The summed E-state index contributed by atoms with van der Waals surface area (Å²) in [7, 11) is 0. The molecule has 48 valence electrons. The average Bonchev–Trinajstić information content (AvgIpc) is 1.69. The van der Waals surface area contributed by atoms with E-state index in [0.717, 1.165) is 0 Å². The van der Waals surface area contributed by atoms with Gasteiger partial charge in [-0.05, 0) is 5.21 Å². The first-order valence-electron chi connectivity index (χ1n) is 1.29. The maximum absolute atomic E-state index is 10.7. The Balaban J connectivity index is 3.92. The van der Waals surface area contributed by atoms with E-state index < -0.39 is 16.3 Å². The Morgan fingerprint density at radius 3 is 2.38 bits per heavy atom. The van der Waals surface area contributed by atoms with Crippen molar-refractivity contribution in [3.8, 4) is 0 Å². The van der Waals surface area contributed by atoms with Crippen LogP contribution in [0.4, 0.5) is 9.01 Å². The van der Waals surface area contributed by atoms with Crippen molar-refractivity contribution in [1.82, 2.24) is 0 Å². The molecule has 0 rings (SSSR count). The highest BCUT2D eigenvalue weighted by molar-refractivity contribution is 7.95. The molecule has 0 aromatic rings. The Labute approximate surface area is 45.3 Å². The summed E-state index contributed by atoms with van der Waals surface area (Å²) < 4.78 is 40.2. The van der Waals surface area contributed by atoms with Crippen LogP contribution in [0.25, 0.3) is 0 Å². The molecule has 0 aliphatic heterocycles. The van der Waals surface area contributed by atoms with Crippen LogP contribution >= 0.6 is 0 Å². The van der Waals surface area contributed by atoms with E-state index in [-0.39, 0.29) is 0 Å². The fourth-order valence-corrected chi connectivity index (χ4v) is 0.175. The van der Waals surface area contributed by atoms with Crippen molar-refractivity contribution in [2.45, 2.75) is 0 Å². The summed E-state index contributed by atoms with van der Waals surface area (Å²) in [5.41, 5.74) is 0. The number of hydrogen-bond acceptors (Lipinski definition) is 4. The van der Waals surface area contributed by atoms with Crippen LogP contribution in [0.3, 0.4) is 0 Å². The molecule has 0 heterocycles. The van der Waals surface area contributed by atoms with Crippen LogP contribution in [0, 0.1) is 0 Å². The zero-order chi connectivity index (χ0) is 6.57. The molecule has 0 spiro atoms. The smallest absolute Gasteiger partial charge is 0.342 e. The van der Waals surface area contributed by atoms with Gasteiger partial charge in [-0.3, -0.25) is 9.15 Å². The minimum Gasteiger partial charge on any atom is -0.765 e. The van der Waals surface area contributed by atoms with Crippen molar-refractivity contribution in [1.29, 1.82) is 0 Å². The summed E-state index contributed by atoms with van der Waals surface area (Å²) in [4.78, 5) is 2.42. The summed E-state index contributed by atoms with van der Waals surface area (Å²) in [5, 5.41) is -0.194. The molecule has 0 saturated carbocycles. The van der Waals surface area contributed by atoms with E-state index in [1.165, 1.54) is 5.21 Å². The predicted octanol–water partition coefficient (Wildman–Crippen LogP) is 0.00710. The monoisotopic (exact) mass is 144 g/mol. The van der Waals surface area contributed by atoms with Gasteiger partial charge in [-0.2, -0.15) is 0 Å². The third-order valence-electron chi connectivity index (χ3n) is 0.278. The van der Waals surface area contributed by atoms with Crippen LogP contribution in [0.1, 0.15) is 0 Å². The lowest BCUT2D eigenvalue weighted by atomic mass is 11.5. The van der Waals surface area contributed by atoms with Crippen molar-refractivity contribution < 1.29 is 22.7 Å². The topological polar surface area (TPSA) is 61.7 Å². The molecule has 1 atom stereocenters. The van der Waals surface area contributed by atoms with E-state index in [9.17, 15) is 17.8 Å². The molecule has 8 heavy (non-hydrogen) atoms. The summed E-state index contributed by atoms with van der Waals surface area (Å²) >= 11 is -3.08. The molecule has 0 radical (unpaired) electrons. The van der Waals surface area contributed by atoms with Gasteiger partial charge in [-0.1, -0.05) is 4.48 Å². The Kier molecular flexibility index (Phi) is 3.20. The summed E-state index contributed by atoms with van der Waals surface area (Å²) in [6.07, 6.45) is 0. The van der Waals surface area contributed by atoms with E-state index in [0.29, 0.717) is 0 Å². The maximum atomic E-state index is 10.7. The molecule has 0 aromatic carbocycles. The molecule has 0 aliphatic carbocycles. The first-order valence-corrected chi connectivity index (χ1v) is 2.36. The Hall–Kier alpha value is -0.560. The molecule has 7 heteroatoms. The molecule has 4 nitrogen and oxygen atoms in total. The average molecular weight is 144 g/mol. The first-order chi connectivity index (χ1) is 3.72. The minimum atomic E-state index is -3.08. The molecule has 0 bridgehead atoms. The van der Waals surface area contributed by atoms with E-state index in [1.54, 1.807) is 0 Å². The molecule has 1 unspecified atom stereocenters. The third kappa shape index (κ3) is 1.94. The number of nitrogens with zero attached hydrogens (tertiary/aromatic N) is 1. The quantitative estimate of drug-likeness (QED) is 0.273. The van der Waals surface area contributed by atoms with Crippen molar-refractivity contribution in [2.75, 3.05) is 0 Å². The molecule has 0 saturated heterocycles. The molecule has 0 aliphatic rings. The van der Waals surface area contributed by atoms with Gasteiger partial charge >= 0.3 is 5.23 Å². The lowest BCUT2D eigenvalue weighted by molar-refractivity contribution is -0.0211. The zero-order valence-electron chi connectivity index (χ0n) is 3.34. The second-order valence-corrected chi connectivity index (χ2v) is 1.48. The fourth-order valence-electron chi connectivity index (χ4n) is 0.0669. The largest absolute Gasteiger partial charge is 0.765 e. The molecule has 0 amide bonds. The fraction of sp³-hybridized carbons (Fsp3) is 0. The van der Waals surface area contributed by atoms with Gasteiger partial charge in [0, 0.05) is 15.6 Å². The van der Waals surface area contributed by atoms with E-state index in [1.807, 2.05) is 0 Å². The number of hydrogen-bond donors (Lipinski definition) is 0. The van der Waals surface area contributed by atoms with Gasteiger partial charge in [0.25, 0.3) is 0 Å². The van der Waals surface area contributed by atoms with Crippen molar-refractivity contribution >= 4 is 16.3 Å².